The lowest BCUT2D eigenvalue weighted by atomic mass is 10.1. The van der Waals surface area contributed by atoms with Crippen LogP contribution in [-0.2, 0) is 15.6 Å². The lowest BCUT2D eigenvalue weighted by Crippen LogP contribution is -2.38. The van der Waals surface area contributed by atoms with Gasteiger partial charge in [0.05, 0.1) is 5.75 Å². The van der Waals surface area contributed by atoms with Gasteiger partial charge in [0.25, 0.3) is 5.91 Å². The van der Waals surface area contributed by atoms with E-state index in [0.29, 0.717) is 18.0 Å². The second kappa shape index (κ2) is 8.03. The highest BCUT2D eigenvalue weighted by Crippen LogP contribution is 2.31. The summed E-state index contributed by atoms with van der Waals surface area (Å²) in [5, 5.41) is 2.70. The van der Waals surface area contributed by atoms with Crippen molar-refractivity contribution >= 4 is 28.2 Å². The standard InChI is InChI=1S/C14H18F2N2O3S.ClH/c15-14(16)22(20,21)8-9-1-3-11(4-2-9)13(19)18-7-12(17)10-5-6-10;/h1-4,10,12,14H,5-8,17H2,(H,18,19);1H. The highest BCUT2D eigenvalue weighted by Gasteiger charge is 2.28. The van der Waals surface area contributed by atoms with Crippen LogP contribution in [0.15, 0.2) is 24.3 Å². The van der Waals surface area contributed by atoms with E-state index in [1.807, 2.05) is 0 Å². The highest BCUT2D eigenvalue weighted by atomic mass is 35.5. The molecule has 23 heavy (non-hydrogen) atoms. The number of rotatable bonds is 7. The number of benzene rings is 1. The fourth-order valence-electron chi connectivity index (χ4n) is 2.05. The summed E-state index contributed by atoms with van der Waals surface area (Å²) >= 11 is 0. The minimum Gasteiger partial charge on any atom is -0.350 e. The fourth-order valence-corrected chi connectivity index (χ4v) is 2.83. The van der Waals surface area contributed by atoms with Crippen LogP contribution in [0.1, 0.15) is 28.8 Å². The van der Waals surface area contributed by atoms with E-state index in [9.17, 15) is 22.0 Å². The molecule has 1 aliphatic carbocycles. The maximum atomic E-state index is 12.3. The van der Waals surface area contributed by atoms with Crippen LogP contribution in [0.3, 0.4) is 0 Å². The van der Waals surface area contributed by atoms with Crippen molar-refractivity contribution in [2.45, 2.75) is 30.4 Å². The molecule has 1 aromatic carbocycles. The zero-order valence-electron chi connectivity index (χ0n) is 12.2. The second-order valence-electron chi connectivity index (χ2n) is 5.48. The molecular weight excluding hydrogens is 350 g/mol. The fraction of sp³-hybridized carbons (Fsp3) is 0.500. The third-order valence-electron chi connectivity index (χ3n) is 3.58. The average molecular weight is 369 g/mol. The van der Waals surface area contributed by atoms with Gasteiger partial charge in [0, 0.05) is 18.2 Å². The number of sulfone groups is 1. The quantitative estimate of drug-likeness (QED) is 0.766. The monoisotopic (exact) mass is 368 g/mol. The van der Waals surface area contributed by atoms with E-state index >= 15 is 0 Å². The Balaban J connectivity index is 0.00000264. The van der Waals surface area contributed by atoms with Crippen LogP contribution in [0.5, 0.6) is 0 Å². The Kier molecular flexibility index (Phi) is 6.91. The number of nitrogens with two attached hydrogens (primary N) is 1. The first-order valence-electron chi connectivity index (χ1n) is 6.92. The SMILES string of the molecule is Cl.NC(CNC(=O)c1ccc(CS(=O)(=O)C(F)F)cc1)C1CC1. The molecule has 0 spiro atoms. The van der Waals surface area contributed by atoms with Gasteiger partial charge in [-0.3, -0.25) is 4.79 Å². The largest absolute Gasteiger partial charge is 0.350 e. The Morgan fingerprint density at radius 1 is 1.26 bits per heavy atom. The molecule has 1 amide bonds. The maximum Gasteiger partial charge on any atom is 0.337 e. The van der Waals surface area contributed by atoms with E-state index in [-0.39, 0.29) is 29.9 Å². The van der Waals surface area contributed by atoms with Crippen molar-refractivity contribution in [3.63, 3.8) is 0 Å². The number of nitrogens with one attached hydrogen (secondary N) is 1. The molecular formula is C14H19ClF2N2O3S. The summed E-state index contributed by atoms with van der Waals surface area (Å²) in [5.41, 5.74) is 6.42. The van der Waals surface area contributed by atoms with E-state index in [0.717, 1.165) is 12.8 Å². The van der Waals surface area contributed by atoms with E-state index in [1.54, 1.807) is 0 Å². The van der Waals surface area contributed by atoms with Crippen LogP contribution < -0.4 is 11.1 Å². The van der Waals surface area contributed by atoms with Gasteiger partial charge in [0.2, 0.25) is 9.84 Å². The topological polar surface area (TPSA) is 89.3 Å². The molecule has 130 valence electrons. The molecule has 1 atom stereocenters. The molecule has 1 aromatic rings. The van der Waals surface area contributed by atoms with Gasteiger partial charge >= 0.3 is 5.76 Å². The minimum atomic E-state index is -4.46. The highest BCUT2D eigenvalue weighted by molar-refractivity contribution is 7.90. The van der Waals surface area contributed by atoms with Gasteiger partial charge in [-0.2, -0.15) is 8.78 Å². The third kappa shape index (κ3) is 5.71. The molecule has 3 N–H and O–H groups in total. The predicted octanol–water partition coefficient (Wildman–Crippen LogP) is 1.71. The summed E-state index contributed by atoms with van der Waals surface area (Å²) in [6.07, 6.45) is 2.18. The molecule has 0 bridgehead atoms. The van der Waals surface area contributed by atoms with E-state index in [4.69, 9.17) is 5.73 Å². The maximum absolute atomic E-state index is 12.3. The first kappa shape index (κ1) is 19.8. The van der Waals surface area contributed by atoms with Crippen molar-refractivity contribution in [3.05, 3.63) is 35.4 Å². The number of halogens is 3. The Morgan fingerprint density at radius 2 is 1.83 bits per heavy atom. The molecule has 0 aliphatic heterocycles. The molecule has 1 fully saturated rings. The summed E-state index contributed by atoms with van der Waals surface area (Å²) < 4.78 is 46.8. The molecule has 1 aliphatic rings. The van der Waals surface area contributed by atoms with Crippen molar-refractivity contribution in [2.75, 3.05) is 6.54 Å². The first-order chi connectivity index (χ1) is 10.3. The molecule has 0 heterocycles. The number of carbonyl (C=O) groups excluding carboxylic acids is 1. The Bertz CT molecular complexity index is 634. The minimum absolute atomic E-state index is 0. The molecule has 9 heteroatoms. The van der Waals surface area contributed by atoms with Gasteiger partial charge in [0.1, 0.15) is 0 Å². The predicted molar refractivity (Wildman–Crippen MR) is 85.4 cm³/mol. The Morgan fingerprint density at radius 3 is 2.30 bits per heavy atom. The molecule has 0 radical (unpaired) electrons. The lowest BCUT2D eigenvalue weighted by Gasteiger charge is -2.11. The zero-order valence-corrected chi connectivity index (χ0v) is 13.9. The van der Waals surface area contributed by atoms with Crippen LogP contribution in [-0.4, -0.2) is 32.7 Å². The summed E-state index contributed by atoms with van der Waals surface area (Å²) in [7, 11) is -4.46. The number of hydrogen-bond acceptors (Lipinski definition) is 4. The van der Waals surface area contributed by atoms with Gasteiger partial charge in [-0.05, 0) is 36.5 Å². The van der Waals surface area contributed by atoms with Crippen molar-refractivity contribution in [1.29, 1.82) is 0 Å². The summed E-state index contributed by atoms with van der Waals surface area (Å²) in [5.74, 6) is -4.00. The van der Waals surface area contributed by atoms with Gasteiger partial charge in [-0.15, -0.1) is 12.4 Å². The summed E-state index contributed by atoms with van der Waals surface area (Å²) in [4.78, 5) is 11.9. The molecule has 5 nitrogen and oxygen atoms in total. The lowest BCUT2D eigenvalue weighted by molar-refractivity contribution is 0.0950. The summed E-state index contributed by atoms with van der Waals surface area (Å²) in [6, 6.07) is 5.48. The van der Waals surface area contributed by atoms with Crippen LogP contribution in [0.2, 0.25) is 0 Å². The number of carbonyl (C=O) groups is 1. The molecule has 1 saturated carbocycles. The molecule has 0 aromatic heterocycles. The average Bonchev–Trinajstić information content (AvgIpc) is 3.29. The van der Waals surface area contributed by atoms with Crippen molar-refractivity contribution in [1.82, 2.24) is 5.32 Å². The van der Waals surface area contributed by atoms with Crippen LogP contribution in [0.25, 0.3) is 0 Å². The van der Waals surface area contributed by atoms with Gasteiger partial charge in [-0.25, -0.2) is 8.42 Å². The van der Waals surface area contributed by atoms with E-state index in [1.165, 1.54) is 24.3 Å². The summed E-state index contributed by atoms with van der Waals surface area (Å²) in [6.45, 7) is 0.380. The van der Waals surface area contributed by atoms with Gasteiger partial charge < -0.3 is 11.1 Å². The van der Waals surface area contributed by atoms with Crippen molar-refractivity contribution < 1.29 is 22.0 Å². The van der Waals surface area contributed by atoms with E-state index in [2.05, 4.69) is 5.32 Å². The normalized spacial score (nSPS) is 15.8. The van der Waals surface area contributed by atoms with Crippen LogP contribution >= 0.6 is 12.4 Å². The van der Waals surface area contributed by atoms with Crippen molar-refractivity contribution in [3.8, 4) is 0 Å². The smallest absolute Gasteiger partial charge is 0.337 e. The van der Waals surface area contributed by atoms with Crippen LogP contribution in [0, 0.1) is 5.92 Å². The molecule has 0 saturated heterocycles. The van der Waals surface area contributed by atoms with Crippen molar-refractivity contribution in [2.24, 2.45) is 11.7 Å². The first-order valence-corrected chi connectivity index (χ1v) is 8.63. The Hall–Kier alpha value is -1.25. The van der Waals surface area contributed by atoms with E-state index < -0.39 is 21.3 Å². The molecule has 1 unspecified atom stereocenters. The number of amides is 1. The van der Waals surface area contributed by atoms with Gasteiger partial charge in [-0.1, -0.05) is 12.1 Å². The number of alkyl halides is 2. The third-order valence-corrected chi connectivity index (χ3v) is 4.86. The number of hydrogen-bond donors (Lipinski definition) is 2. The molecule has 2 rings (SSSR count). The van der Waals surface area contributed by atoms with Gasteiger partial charge in [0.15, 0.2) is 0 Å². The zero-order chi connectivity index (χ0) is 16.3. The Labute approximate surface area is 140 Å². The second-order valence-corrected chi connectivity index (χ2v) is 7.45. The van der Waals surface area contributed by atoms with Crippen LogP contribution in [0.4, 0.5) is 8.78 Å².